The Morgan fingerprint density at radius 1 is 0.950 bits per heavy atom. The molecule has 0 amide bonds. The highest BCUT2D eigenvalue weighted by Crippen LogP contribution is 2.19. The van der Waals surface area contributed by atoms with Crippen molar-refractivity contribution in [2.45, 2.75) is 26.4 Å². The summed E-state index contributed by atoms with van der Waals surface area (Å²) in [4.78, 5) is 12.1. The Bertz CT molecular complexity index is 534. The lowest BCUT2D eigenvalue weighted by atomic mass is 10.0. The van der Waals surface area contributed by atoms with E-state index >= 15 is 0 Å². The number of ether oxygens (including phenoxy) is 1. The van der Waals surface area contributed by atoms with Gasteiger partial charge in [-0.15, -0.1) is 0 Å². The van der Waals surface area contributed by atoms with E-state index < -0.39 is 0 Å². The van der Waals surface area contributed by atoms with Crippen molar-refractivity contribution in [1.82, 2.24) is 0 Å². The third-order valence-electron chi connectivity index (χ3n) is 3.35. The summed E-state index contributed by atoms with van der Waals surface area (Å²) in [5.41, 5.74) is 2.18. The summed E-state index contributed by atoms with van der Waals surface area (Å²) in [5.74, 6) is -0.284. The van der Waals surface area contributed by atoms with E-state index in [4.69, 9.17) is 4.74 Å². The fourth-order valence-corrected chi connectivity index (χ4v) is 2.13. The van der Waals surface area contributed by atoms with Gasteiger partial charge in [0.15, 0.2) is 0 Å². The van der Waals surface area contributed by atoms with Crippen molar-refractivity contribution in [3.63, 3.8) is 0 Å². The molecule has 0 N–H and O–H groups in total. The summed E-state index contributed by atoms with van der Waals surface area (Å²) in [6.07, 6.45) is 0.503. The van der Waals surface area contributed by atoms with E-state index in [-0.39, 0.29) is 18.0 Å². The van der Waals surface area contributed by atoms with E-state index in [0.29, 0.717) is 6.42 Å². The minimum atomic E-state index is -0.207. The highest BCUT2D eigenvalue weighted by Gasteiger charge is 2.18. The molecule has 0 fully saturated rings. The number of hydrogen-bond acceptors (Lipinski definition) is 2. The topological polar surface area (TPSA) is 26.3 Å². The molecule has 2 aromatic carbocycles. The third kappa shape index (κ3) is 3.95. The maximum Gasteiger partial charge on any atom is 0.309 e. The molecule has 0 heterocycles. The zero-order chi connectivity index (χ0) is 14.4. The van der Waals surface area contributed by atoms with Crippen LogP contribution in [0.5, 0.6) is 0 Å². The number of hydrogen-bond donors (Lipinski definition) is 0. The Kier molecular flexibility index (Phi) is 4.94. The molecule has 2 rings (SSSR count). The molecule has 0 saturated heterocycles. The summed E-state index contributed by atoms with van der Waals surface area (Å²) >= 11 is 0. The summed E-state index contributed by atoms with van der Waals surface area (Å²) in [7, 11) is 0. The van der Waals surface area contributed by atoms with Crippen molar-refractivity contribution in [3.05, 3.63) is 71.8 Å². The molecule has 2 aromatic rings. The van der Waals surface area contributed by atoms with Crippen LogP contribution in [-0.4, -0.2) is 5.97 Å². The minimum Gasteiger partial charge on any atom is -0.458 e. The molecule has 0 radical (unpaired) electrons. The molecule has 0 aromatic heterocycles. The summed E-state index contributed by atoms with van der Waals surface area (Å²) in [6, 6.07) is 19.8. The molecule has 2 nitrogen and oxygen atoms in total. The lowest BCUT2D eigenvalue weighted by Gasteiger charge is -2.17. The zero-order valence-electron chi connectivity index (χ0n) is 12.0. The number of benzene rings is 2. The van der Waals surface area contributed by atoms with Crippen LogP contribution >= 0.6 is 0 Å². The van der Waals surface area contributed by atoms with Crippen molar-refractivity contribution < 1.29 is 9.53 Å². The van der Waals surface area contributed by atoms with Gasteiger partial charge < -0.3 is 4.74 Å². The first-order valence-electron chi connectivity index (χ1n) is 6.96. The summed E-state index contributed by atoms with van der Waals surface area (Å²) in [5, 5.41) is 0. The summed E-state index contributed by atoms with van der Waals surface area (Å²) < 4.78 is 5.53. The second-order valence-corrected chi connectivity index (χ2v) is 5.08. The average Bonchev–Trinajstić information content (AvgIpc) is 2.49. The quantitative estimate of drug-likeness (QED) is 0.761. The lowest BCUT2D eigenvalue weighted by Crippen LogP contribution is -2.18. The molecule has 0 aliphatic carbocycles. The fraction of sp³-hybridized carbons (Fsp3) is 0.278. The maximum absolute atomic E-state index is 12.1. The van der Waals surface area contributed by atoms with Crippen LogP contribution in [0.25, 0.3) is 0 Å². The second-order valence-electron chi connectivity index (χ2n) is 5.08. The van der Waals surface area contributed by atoms with Crippen LogP contribution in [0.15, 0.2) is 60.7 Å². The van der Waals surface area contributed by atoms with E-state index in [2.05, 4.69) is 0 Å². The molecule has 2 atom stereocenters. The van der Waals surface area contributed by atoms with Gasteiger partial charge in [0, 0.05) is 0 Å². The predicted octanol–water partition coefficient (Wildman–Crippen LogP) is 4.17. The van der Waals surface area contributed by atoms with Crippen molar-refractivity contribution in [2.24, 2.45) is 5.92 Å². The molecule has 0 bridgehead atoms. The van der Waals surface area contributed by atoms with Crippen LogP contribution in [0.1, 0.15) is 31.1 Å². The molecule has 0 saturated carbocycles. The van der Waals surface area contributed by atoms with Crippen molar-refractivity contribution in [2.75, 3.05) is 0 Å². The smallest absolute Gasteiger partial charge is 0.309 e. The van der Waals surface area contributed by atoms with Gasteiger partial charge in [-0.05, 0) is 24.5 Å². The normalized spacial score (nSPS) is 13.5. The van der Waals surface area contributed by atoms with Crippen LogP contribution in [0, 0.1) is 5.92 Å². The Labute approximate surface area is 120 Å². The van der Waals surface area contributed by atoms with Crippen LogP contribution < -0.4 is 0 Å². The average molecular weight is 268 g/mol. The Morgan fingerprint density at radius 3 is 2.10 bits per heavy atom. The van der Waals surface area contributed by atoms with E-state index in [1.807, 2.05) is 74.5 Å². The molecule has 104 valence electrons. The van der Waals surface area contributed by atoms with Gasteiger partial charge >= 0.3 is 5.97 Å². The van der Waals surface area contributed by atoms with E-state index in [9.17, 15) is 4.79 Å². The lowest BCUT2D eigenvalue weighted by molar-refractivity contribution is -0.153. The molecular weight excluding hydrogens is 248 g/mol. The Morgan fingerprint density at radius 2 is 1.50 bits per heavy atom. The third-order valence-corrected chi connectivity index (χ3v) is 3.35. The van der Waals surface area contributed by atoms with Crippen LogP contribution in [0.4, 0.5) is 0 Å². The standard InChI is InChI=1S/C18H20O2/c1-14(13-16-9-5-3-6-10-16)18(19)20-15(2)17-11-7-4-8-12-17/h3-12,14-15H,13H2,1-2H3. The van der Waals surface area contributed by atoms with Crippen LogP contribution in [-0.2, 0) is 16.0 Å². The molecule has 0 spiro atoms. The van der Waals surface area contributed by atoms with E-state index in [0.717, 1.165) is 11.1 Å². The Hall–Kier alpha value is -2.09. The molecule has 0 aliphatic heterocycles. The van der Waals surface area contributed by atoms with Gasteiger partial charge in [-0.2, -0.15) is 0 Å². The molecular formula is C18H20O2. The van der Waals surface area contributed by atoms with Crippen molar-refractivity contribution >= 4 is 5.97 Å². The van der Waals surface area contributed by atoms with Gasteiger partial charge in [0.2, 0.25) is 0 Å². The minimum absolute atomic E-state index is 0.136. The van der Waals surface area contributed by atoms with Gasteiger partial charge in [0.05, 0.1) is 5.92 Å². The Balaban J connectivity index is 1.91. The molecule has 2 unspecified atom stereocenters. The number of carbonyl (C=O) groups is 1. The highest BCUT2D eigenvalue weighted by molar-refractivity contribution is 5.72. The first kappa shape index (κ1) is 14.3. The predicted molar refractivity (Wildman–Crippen MR) is 80.3 cm³/mol. The van der Waals surface area contributed by atoms with Crippen LogP contribution in [0.2, 0.25) is 0 Å². The van der Waals surface area contributed by atoms with Crippen molar-refractivity contribution in [3.8, 4) is 0 Å². The first-order valence-corrected chi connectivity index (χ1v) is 6.96. The number of carbonyl (C=O) groups excluding carboxylic acids is 1. The van der Waals surface area contributed by atoms with Gasteiger partial charge in [-0.25, -0.2) is 0 Å². The highest BCUT2D eigenvalue weighted by atomic mass is 16.5. The molecule has 20 heavy (non-hydrogen) atoms. The summed E-state index contributed by atoms with van der Waals surface area (Å²) in [6.45, 7) is 3.81. The van der Waals surface area contributed by atoms with E-state index in [1.54, 1.807) is 0 Å². The first-order chi connectivity index (χ1) is 9.66. The maximum atomic E-state index is 12.1. The zero-order valence-corrected chi connectivity index (χ0v) is 12.0. The molecule has 0 aliphatic rings. The van der Waals surface area contributed by atoms with Gasteiger partial charge in [0.25, 0.3) is 0 Å². The monoisotopic (exact) mass is 268 g/mol. The van der Waals surface area contributed by atoms with Crippen molar-refractivity contribution in [1.29, 1.82) is 0 Å². The SMILES string of the molecule is CC(Cc1ccccc1)C(=O)OC(C)c1ccccc1. The van der Waals surface area contributed by atoms with Crippen LogP contribution in [0.3, 0.4) is 0 Å². The van der Waals surface area contributed by atoms with Gasteiger partial charge in [-0.3, -0.25) is 4.79 Å². The number of esters is 1. The second kappa shape index (κ2) is 6.90. The van der Waals surface area contributed by atoms with Gasteiger partial charge in [0.1, 0.15) is 6.10 Å². The van der Waals surface area contributed by atoms with Gasteiger partial charge in [-0.1, -0.05) is 67.6 Å². The molecule has 2 heteroatoms. The number of rotatable bonds is 5. The largest absolute Gasteiger partial charge is 0.458 e. The van der Waals surface area contributed by atoms with E-state index in [1.165, 1.54) is 0 Å². The fourth-order valence-electron chi connectivity index (χ4n) is 2.13.